The Morgan fingerprint density at radius 3 is 2.67 bits per heavy atom. The summed E-state index contributed by atoms with van der Waals surface area (Å²) in [5, 5.41) is 0. The molecule has 1 aromatic rings. The standard InChI is InChI=1S/C13H21NO/c1-4-6-7-12-8-9-13(10-14-12)15-11(3)5-2/h8-11H,4-7H2,1-3H3. The maximum absolute atomic E-state index is 5.66. The SMILES string of the molecule is CCCCc1ccc(OC(C)CC)cn1. The second-order valence-corrected chi connectivity index (χ2v) is 3.93. The second kappa shape index (κ2) is 6.44. The van der Waals surface area contributed by atoms with Crippen molar-refractivity contribution >= 4 is 0 Å². The van der Waals surface area contributed by atoms with Gasteiger partial charge in [-0.2, -0.15) is 0 Å². The summed E-state index contributed by atoms with van der Waals surface area (Å²) < 4.78 is 5.66. The van der Waals surface area contributed by atoms with Gasteiger partial charge >= 0.3 is 0 Å². The van der Waals surface area contributed by atoms with Gasteiger partial charge in [0.1, 0.15) is 5.75 Å². The zero-order valence-corrected chi connectivity index (χ0v) is 9.99. The molecule has 1 aromatic heterocycles. The minimum absolute atomic E-state index is 0.272. The van der Waals surface area contributed by atoms with Gasteiger partial charge in [-0.3, -0.25) is 4.98 Å². The summed E-state index contributed by atoms with van der Waals surface area (Å²) in [4.78, 5) is 4.38. The summed E-state index contributed by atoms with van der Waals surface area (Å²) in [6.07, 6.45) is 6.62. The molecule has 0 N–H and O–H groups in total. The molecule has 2 nitrogen and oxygen atoms in total. The molecule has 1 atom stereocenters. The third kappa shape index (κ3) is 4.32. The Morgan fingerprint density at radius 2 is 2.13 bits per heavy atom. The lowest BCUT2D eigenvalue weighted by Crippen LogP contribution is -2.09. The second-order valence-electron chi connectivity index (χ2n) is 3.93. The van der Waals surface area contributed by atoms with Gasteiger partial charge in [0.25, 0.3) is 0 Å². The molecule has 0 aliphatic heterocycles. The molecule has 1 rings (SSSR count). The first kappa shape index (κ1) is 12.0. The number of pyridine rings is 1. The Bertz CT molecular complexity index is 268. The lowest BCUT2D eigenvalue weighted by molar-refractivity contribution is 0.216. The molecule has 0 bridgehead atoms. The molecule has 2 heteroatoms. The van der Waals surface area contributed by atoms with E-state index in [1.807, 2.05) is 12.3 Å². The average Bonchev–Trinajstić information content (AvgIpc) is 2.28. The third-order valence-electron chi connectivity index (χ3n) is 2.50. The van der Waals surface area contributed by atoms with Gasteiger partial charge in [-0.05, 0) is 38.3 Å². The number of unbranched alkanes of at least 4 members (excludes halogenated alkanes) is 1. The normalized spacial score (nSPS) is 12.5. The number of rotatable bonds is 6. The van der Waals surface area contributed by atoms with Gasteiger partial charge in [0.05, 0.1) is 12.3 Å². The first-order chi connectivity index (χ1) is 7.26. The molecule has 84 valence electrons. The predicted octanol–water partition coefficient (Wildman–Crippen LogP) is 3.60. The van der Waals surface area contributed by atoms with Gasteiger partial charge in [0.15, 0.2) is 0 Å². The van der Waals surface area contributed by atoms with Gasteiger partial charge in [-0.15, -0.1) is 0 Å². The molecule has 0 aliphatic carbocycles. The fourth-order valence-corrected chi connectivity index (χ4v) is 1.30. The number of ether oxygens (including phenoxy) is 1. The molecule has 0 spiro atoms. The molecule has 0 saturated heterocycles. The van der Waals surface area contributed by atoms with Gasteiger partial charge < -0.3 is 4.74 Å². The van der Waals surface area contributed by atoms with Crippen molar-refractivity contribution in [3.63, 3.8) is 0 Å². The highest BCUT2D eigenvalue weighted by atomic mass is 16.5. The van der Waals surface area contributed by atoms with E-state index in [1.165, 1.54) is 12.8 Å². The van der Waals surface area contributed by atoms with Gasteiger partial charge in [-0.1, -0.05) is 20.3 Å². The Balaban J connectivity index is 2.48. The number of nitrogens with zero attached hydrogens (tertiary/aromatic N) is 1. The predicted molar refractivity (Wildman–Crippen MR) is 63.2 cm³/mol. The molecule has 0 radical (unpaired) electrons. The smallest absolute Gasteiger partial charge is 0.138 e. The topological polar surface area (TPSA) is 22.1 Å². The van der Waals surface area contributed by atoms with Crippen LogP contribution in [-0.2, 0) is 6.42 Å². The molecule has 0 amide bonds. The van der Waals surface area contributed by atoms with E-state index in [2.05, 4.69) is 31.8 Å². The molecule has 15 heavy (non-hydrogen) atoms. The summed E-state index contributed by atoms with van der Waals surface area (Å²) in [6, 6.07) is 4.08. The van der Waals surface area contributed by atoms with Crippen LogP contribution in [0.3, 0.4) is 0 Å². The fourth-order valence-electron chi connectivity index (χ4n) is 1.30. The van der Waals surface area contributed by atoms with Crippen molar-refractivity contribution in [2.45, 2.75) is 52.6 Å². The van der Waals surface area contributed by atoms with Crippen LogP contribution < -0.4 is 4.74 Å². The zero-order valence-electron chi connectivity index (χ0n) is 9.99. The van der Waals surface area contributed by atoms with Crippen molar-refractivity contribution in [3.8, 4) is 5.75 Å². The molecule has 0 aromatic carbocycles. The summed E-state index contributed by atoms with van der Waals surface area (Å²) in [7, 11) is 0. The Hall–Kier alpha value is -1.05. The Kier molecular flexibility index (Phi) is 5.16. The van der Waals surface area contributed by atoms with E-state index in [1.54, 1.807) is 0 Å². The molecule has 1 heterocycles. The summed E-state index contributed by atoms with van der Waals surface area (Å²) in [5.74, 6) is 0.879. The minimum Gasteiger partial charge on any atom is -0.489 e. The highest BCUT2D eigenvalue weighted by molar-refractivity contribution is 5.20. The van der Waals surface area contributed by atoms with Crippen LogP contribution in [0.4, 0.5) is 0 Å². The summed E-state index contributed by atoms with van der Waals surface area (Å²) in [6.45, 7) is 6.39. The molecule has 0 saturated carbocycles. The van der Waals surface area contributed by atoms with Gasteiger partial charge in [0, 0.05) is 5.69 Å². The van der Waals surface area contributed by atoms with E-state index in [0.717, 1.165) is 24.3 Å². The molecular formula is C13H21NO. The maximum Gasteiger partial charge on any atom is 0.138 e. The van der Waals surface area contributed by atoms with E-state index in [9.17, 15) is 0 Å². The van der Waals surface area contributed by atoms with Gasteiger partial charge in [-0.25, -0.2) is 0 Å². The van der Waals surface area contributed by atoms with E-state index >= 15 is 0 Å². The maximum atomic E-state index is 5.66. The minimum atomic E-state index is 0.272. The van der Waals surface area contributed by atoms with Gasteiger partial charge in [0.2, 0.25) is 0 Å². The largest absolute Gasteiger partial charge is 0.489 e. The van der Waals surface area contributed by atoms with Crippen molar-refractivity contribution in [3.05, 3.63) is 24.0 Å². The third-order valence-corrected chi connectivity index (χ3v) is 2.50. The summed E-state index contributed by atoms with van der Waals surface area (Å²) >= 11 is 0. The Labute approximate surface area is 92.7 Å². The number of aromatic nitrogens is 1. The van der Waals surface area contributed by atoms with Crippen molar-refractivity contribution < 1.29 is 4.74 Å². The first-order valence-electron chi connectivity index (χ1n) is 5.87. The molecule has 0 fully saturated rings. The number of hydrogen-bond acceptors (Lipinski definition) is 2. The van der Waals surface area contributed by atoms with Crippen molar-refractivity contribution in [1.82, 2.24) is 4.98 Å². The monoisotopic (exact) mass is 207 g/mol. The molecule has 0 aliphatic rings. The number of aryl methyl sites for hydroxylation is 1. The Morgan fingerprint density at radius 1 is 1.33 bits per heavy atom. The fraction of sp³-hybridized carbons (Fsp3) is 0.615. The van der Waals surface area contributed by atoms with Crippen molar-refractivity contribution in [1.29, 1.82) is 0 Å². The first-order valence-corrected chi connectivity index (χ1v) is 5.87. The quantitative estimate of drug-likeness (QED) is 0.711. The van der Waals surface area contributed by atoms with Crippen LogP contribution in [0.2, 0.25) is 0 Å². The molecular weight excluding hydrogens is 186 g/mol. The lowest BCUT2D eigenvalue weighted by atomic mass is 10.2. The highest BCUT2D eigenvalue weighted by Gasteiger charge is 2.01. The van der Waals surface area contributed by atoms with E-state index in [4.69, 9.17) is 4.74 Å². The number of hydrogen-bond donors (Lipinski definition) is 0. The van der Waals surface area contributed by atoms with E-state index in [-0.39, 0.29) is 6.10 Å². The van der Waals surface area contributed by atoms with Crippen molar-refractivity contribution in [2.24, 2.45) is 0 Å². The highest BCUT2D eigenvalue weighted by Crippen LogP contribution is 2.13. The van der Waals surface area contributed by atoms with Crippen LogP contribution in [0, 0.1) is 0 Å². The van der Waals surface area contributed by atoms with Crippen LogP contribution >= 0.6 is 0 Å². The van der Waals surface area contributed by atoms with Crippen LogP contribution in [-0.4, -0.2) is 11.1 Å². The van der Waals surface area contributed by atoms with E-state index < -0.39 is 0 Å². The average molecular weight is 207 g/mol. The molecule has 1 unspecified atom stereocenters. The van der Waals surface area contributed by atoms with Crippen LogP contribution in [0.5, 0.6) is 5.75 Å². The van der Waals surface area contributed by atoms with Crippen LogP contribution in [0.15, 0.2) is 18.3 Å². The van der Waals surface area contributed by atoms with Crippen molar-refractivity contribution in [2.75, 3.05) is 0 Å². The summed E-state index contributed by atoms with van der Waals surface area (Å²) in [5.41, 5.74) is 1.16. The van der Waals surface area contributed by atoms with Crippen LogP contribution in [0.1, 0.15) is 45.7 Å². The zero-order chi connectivity index (χ0) is 11.1. The lowest BCUT2D eigenvalue weighted by Gasteiger charge is -2.12. The van der Waals surface area contributed by atoms with Crippen LogP contribution in [0.25, 0.3) is 0 Å². The van der Waals surface area contributed by atoms with E-state index in [0.29, 0.717) is 0 Å².